The van der Waals surface area contributed by atoms with Gasteiger partial charge in [0.25, 0.3) is 0 Å². The van der Waals surface area contributed by atoms with Crippen molar-refractivity contribution in [3.63, 3.8) is 0 Å². The number of phenolic OH excluding ortho intramolecular Hbond substituents is 2. The SMILES string of the molecule is CCCCCCCC=Cc1cc(O)ccc1O. The fourth-order valence-corrected chi connectivity index (χ4v) is 1.75. The normalized spacial score (nSPS) is 11.1. The summed E-state index contributed by atoms with van der Waals surface area (Å²) in [5, 5.41) is 18.8. The molecule has 0 aliphatic rings. The van der Waals surface area contributed by atoms with Crippen molar-refractivity contribution in [1.82, 2.24) is 0 Å². The van der Waals surface area contributed by atoms with Crippen molar-refractivity contribution >= 4 is 6.08 Å². The van der Waals surface area contributed by atoms with E-state index in [0.29, 0.717) is 5.56 Å². The van der Waals surface area contributed by atoms with Crippen LogP contribution in [0.3, 0.4) is 0 Å². The molecule has 0 saturated heterocycles. The zero-order chi connectivity index (χ0) is 12.5. The first-order valence-corrected chi connectivity index (χ1v) is 6.42. The third kappa shape index (κ3) is 5.43. The molecule has 0 aliphatic carbocycles. The summed E-state index contributed by atoms with van der Waals surface area (Å²) in [5.74, 6) is 0.399. The summed E-state index contributed by atoms with van der Waals surface area (Å²) in [4.78, 5) is 0. The van der Waals surface area contributed by atoms with Crippen LogP contribution < -0.4 is 0 Å². The van der Waals surface area contributed by atoms with Crippen LogP contribution in [0.4, 0.5) is 0 Å². The largest absolute Gasteiger partial charge is 0.508 e. The van der Waals surface area contributed by atoms with Gasteiger partial charge in [-0.1, -0.05) is 44.8 Å². The topological polar surface area (TPSA) is 40.5 Å². The van der Waals surface area contributed by atoms with Gasteiger partial charge in [0, 0.05) is 5.56 Å². The van der Waals surface area contributed by atoms with Crippen LogP contribution in [-0.4, -0.2) is 10.2 Å². The molecule has 0 bridgehead atoms. The standard InChI is InChI=1S/C15H22O2/c1-2-3-4-5-6-7-8-9-13-12-14(16)10-11-15(13)17/h8-12,16-17H,2-7H2,1H3. The van der Waals surface area contributed by atoms with Crippen molar-refractivity contribution in [1.29, 1.82) is 0 Å². The van der Waals surface area contributed by atoms with Gasteiger partial charge in [0.2, 0.25) is 0 Å². The maximum atomic E-state index is 9.55. The van der Waals surface area contributed by atoms with E-state index in [1.54, 1.807) is 6.07 Å². The van der Waals surface area contributed by atoms with Gasteiger partial charge in [0.1, 0.15) is 11.5 Å². The minimum Gasteiger partial charge on any atom is -0.508 e. The molecule has 94 valence electrons. The fourth-order valence-electron chi connectivity index (χ4n) is 1.75. The smallest absolute Gasteiger partial charge is 0.123 e. The predicted octanol–water partition coefficient (Wildman–Crippen LogP) is 4.47. The van der Waals surface area contributed by atoms with Gasteiger partial charge >= 0.3 is 0 Å². The van der Waals surface area contributed by atoms with Crippen LogP contribution in [-0.2, 0) is 0 Å². The van der Waals surface area contributed by atoms with Crippen molar-refractivity contribution in [2.24, 2.45) is 0 Å². The Bertz CT molecular complexity index is 356. The third-order valence-electron chi connectivity index (χ3n) is 2.78. The highest BCUT2D eigenvalue weighted by Crippen LogP contribution is 2.23. The third-order valence-corrected chi connectivity index (χ3v) is 2.78. The van der Waals surface area contributed by atoms with E-state index in [1.807, 2.05) is 6.08 Å². The van der Waals surface area contributed by atoms with Crippen LogP contribution in [0.1, 0.15) is 51.0 Å². The zero-order valence-electron chi connectivity index (χ0n) is 10.5. The van der Waals surface area contributed by atoms with E-state index in [-0.39, 0.29) is 11.5 Å². The molecule has 0 aromatic heterocycles. The first kappa shape index (κ1) is 13.6. The molecule has 0 spiro atoms. The number of unbranched alkanes of at least 4 members (excludes halogenated alkanes) is 5. The van der Waals surface area contributed by atoms with Gasteiger partial charge in [0.05, 0.1) is 0 Å². The van der Waals surface area contributed by atoms with Gasteiger partial charge in [0.15, 0.2) is 0 Å². The highest BCUT2D eigenvalue weighted by atomic mass is 16.3. The Labute approximate surface area is 104 Å². The number of phenols is 2. The molecule has 1 aromatic rings. The number of hydrogen-bond donors (Lipinski definition) is 2. The predicted molar refractivity (Wildman–Crippen MR) is 72.2 cm³/mol. The second-order valence-electron chi connectivity index (χ2n) is 4.35. The van der Waals surface area contributed by atoms with Crippen molar-refractivity contribution in [2.75, 3.05) is 0 Å². The Balaban J connectivity index is 2.30. The Morgan fingerprint density at radius 3 is 2.59 bits per heavy atom. The second kappa shape index (κ2) is 7.77. The average Bonchev–Trinajstić information content (AvgIpc) is 2.32. The molecule has 0 heterocycles. The molecule has 0 atom stereocenters. The monoisotopic (exact) mass is 234 g/mol. The second-order valence-corrected chi connectivity index (χ2v) is 4.35. The van der Waals surface area contributed by atoms with E-state index in [4.69, 9.17) is 0 Å². The Hall–Kier alpha value is -1.44. The molecular weight excluding hydrogens is 212 g/mol. The van der Waals surface area contributed by atoms with E-state index >= 15 is 0 Å². The Morgan fingerprint density at radius 2 is 1.82 bits per heavy atom. The molecule has 0 saturated carbocycles. The maximum Gasteiger partial charge on any atom is 0.123 e. The Morgan fingerprint density at radius 1 is 1.06 bits per heavy atom. The summed E-state index contributed by atoms with van der Waals surface area (Å²) in [7, 11) is 0. The minimum atomic E-state index is 0.186. The van der Waals surface area contributed by atoms with E-state index in [0.717, 1.165) is 6.42 Å². The number of hydrogen-bond acceptors (Lipinski definition) is 2. The van der Waals surface area contributed by atoms with Crippen molar-refractivity contribution in [3.05, 3.63) is 29.8 Å². The van der Waals surface area contributed by atoms with Gasteiger partial charge in [-0.15, -0.1) is 0 Å². The maximum absolute atomic E-state index is 9.55. The first-order valence-electron chi connectivity index (χ1n) is 6.42. The quantitative estimate of drug-likeness (QED) is 0.539. The lowest BCUT2D eigenvalue weighted by molar-refractivity contribution is 0.459. The van der Waals surface area contributed by atoms with Gasteiger partial charge in [-0.05, 0) is 31.0 Å². The summed E-state index contributed by atoms with van der Waals surface area (Å²) >= 11 is 0. The lowest BCUT2D eigenvalue weighted by atomic mass is 10.1. The molecular formula is C15H22O2. The molecule has 0 amide bonds. The summed E-state index contributed by atoms with van der Waals surface area (Å²) in [6.07, 6.45) is 11.3. The van der Waals surface area contributed by atoms with E-state index in [1.165, 1.54) is 44.2 Å². The van der Waals surface area contributed by atoms with Crippen LogP contribution in [0, 0.1) is 0 Å². The summed E-state index contributed by atoms with van der Waals surface area (Å²) < 4.78 is 0. The molecule has 2 N–H and O–H groups in total. The number of rotatable bonds is 7. The van der Waals surface area contributed by atoms with Crippen LogP contribution in [0.15, 0.2) is 24.3 Å². The van der Waals surface area contributed by atoms with Crippen LogP contribution in [0.25, 0.3) is 6.08 Å². The molecule has 1 rings (SSSR count). The van der Waals surface area contributed by atoms with E-state index in [2.05, 4.69) is 13.0 Å². The fraction of sp³-hybridized carbons (Fsp3) is 0.467. The lowest BCUT2D eigenvalue weighted by Gasteiger charge is -2.00. The average molecular weight is 234 g/mol. The van der Waals surface area contributed by atoms with E-state index in [9.17, 15) is 10.2 Å². The van der Waals surface area contributed by atoms with Gasteiger partial charge in [-0.2, -0.15) is 0 Å². The molecule has 2 heteroatoms. The molecule has 1 aromatic carbocycles. The van der Waals surface area contributed by atoms with Gasteiger partial charge < -0.3 is 10.2 Å². The molecule has 0 radical (unpaired) electrons. The number of benzene rings is 1. The molecule has 2 nitrogen and oxygen atoms in total. The molecule has 0 fully saturated rings. The highest BCUT2D eigenvalue weighted by Gasteiger charge is 1.97. The van der Waals surface area contributed by atoms with Crippen molar-refractivity contribution < 1.29 is 10.2 Å². The minimum absolute atomic E-state index is 0.186. The lowest BCUT2D eigenvalue weighted by Crippen LogP contribution is -1.77. The van der Waals surface area contributed by atoms with Crippen LogP contribution in [0.5, 0.6) is 11.5 Å². The highest BCUT2D eigenvalue weighted by molar-refractivity contribution is 5.58. The molecule has 17 heavy (non-hydrogen) atoms. The first-order chi connectivity index (χ1) is 8.24. The number of aromatic hydroxyl groups is 2. The summed E-state index contributed by atoms with van der Waals surface area (Å²) in [6.45, 7) is 2.21. The Kier molecular flexibility index (Phi) is 6.23. The van der Waals surface area contributed by atoms with Gasteiger partial charge in [-0.25, -0.2) is 0 Å². The number of allylic oxidation sites excluding steroid dienone is 1. The van der Waals surface area contributed by atoms with E-state index < -0.39 is 0 Å². The molecule has 0 unspecified atom stereocenters. The van der Waals surface area contributed by atoms with Gasteiger partial charge in [-0.3, -0.25) is 0 Å². The van der Waals surface area contributed by atoms with Crippen molar-refractivity contribution in [3.8, 4) is 11.5 Å². The van der Waals surface area contributed by atoms with Crippen LogP contribution >= 0.6 is 0 Å². The van der Waals surface area contributed by atoms with Crippen molar-refractivity contribution in [2.45, 2.75) is 45.4 Å². The summed E-state index contributed by atoms with van der Waals surface area (Å²) in [5.41, 5.74) is 0.679. The zero-order valence-corrected chi connectivity index (χ0v) is 10.5. The summed E-state index contributed by atoms with van der Waals surface area (Å²) in [6, 6.07) is 4.57. The molecule has 0 aliphatic heterocycles. The van der Waals surface area contributed by atoms with Crippen LogP contribution in [0.2, 0.25) is 0 Å².